The summed E-state index contributed by atoms with van der Waals surface area (Å²) in [5, 5.41) is 5.13. The van der Waals surface area contributed by atoms with Gasteiger partial charge in [0.15, 0.2) is 5.75 Å². The molecule has 0 fully saturated rings. The zero-order valence-electron chi connectivity index (χ0n) is 13.1. The number of ether oxygens (including phenoxy) is 1. The molecule has 0 atom stereocenters. The van der Waals surface area contributed by atoms with E-state index in [0.717, 1.165) is 41.5 Å². The van der Waals surface area contributed by atoms with Crippen molar-refractivity contribution in [3.63, 3.8) is 0 Å². The molecule has 5 nitrogen and oxygen atoms in total. The van der Waals surface area contributed by atoms with Crippen LogP contribution in [-0.2, 0) is 10.0 Å². The van der Waals surface area contributed by atoms with E-state index in [4.69, 9.17) is 9.88 Å². The Bertz CT molecular complexity index is 906. The number of halogens is 1. The predicted octanol–water partition coefficient (Wildman–Crippen LogP) is 2.97. The lowest BCUT2D eigenvalue weighted by molar-refractivity contribution is 0.377. The topological polar surface area (TPSA) is 82.3 Å². The van der Waals surface area contributed by atoms with E-state index in [0.29, 0.717) is 0 Å². The highest BCUT2D eigenvalue weighted by atomic mass is 32.2. The maximum absolute atomic E-state index is 13.5. The first kappa shape index (κ1) is 16.6. The largest absolute Gasteiger partial charge is 0.492 e. The first-order valence-corrected chi connectivity index (χ1v) is 9.00. The summed E-state index contributed by atoms with van der Waals surface area (Å²) in [5.41, 5.74) is 3.92. The number of pyridine rings is 1. The van der Waals surface area contributed by atoms with Crippen molar-refractivity contribution in [3.8, 4) is 5.75 Å². The molecule has 3 rings (SSSR count). The van der Waals surface area contributed by atoms with E-state index in [9.17, 15) is 12.8 Å². The zero-order valence-corrected chi connectivity index (χ0v) is 13.9. The van der Waals surface area contributed by atoms with Gasteiger partial charge in [0.2, 0.25) is 10.0 Å². The third kappa shape index (κ3) is 3.18. The Kier molecular flexibility index (Phi) is 4.38. The summed E-state index contributed by atoms with van der Waals surface area (Å²) in [7, 11) is -2.30. The molecule has 0 amide bonds. The number of nitrogens with zero attached hydrogens (tertiary/aromatic N) is 1. The minimum absolute atomic E-state index is 0.0801. The van der Waals surface area contributed by atoms with Crippen LogP contribution in [-0.4, -0.2) is 20.5 Å². The lowest BCUT2D eigenvalue weighted by Crippen LogP contribution is -2.11. The molecule has 0 unspecified atom stereocenters. The minimum Gasteiger partial charge on any atom is -0.492 e. The first-order chi connectivity index (χ1) is 11.4. The van der Waals surface area contributed by atoms with Crippen LogP contribution in [0, 0.1) is 5.95 Å². The van der Waals surface area contributed by atoms with Crippen molar-refractivity contribution in [3.05, 3.63) is 53.6 Å². The molecular weight excluding hydrogens is 331 g/mol. The smallest absolute Gasteiger partial charge is 0.255 e. The van der Waals surface area contributed by atoms with Gasteiger partial charge in [0.05, 0.1) is 12.0 Å². The Labute approximate surface area is 140 Å². The van der Waals surface area contributed by atoms with Crippen LogP contribution in [0.3, 0.4) is 0 Å². The maximum atomic E-state index is 13.5. The number of hydrogen-bond donors (Lipinski definition) is 1. The molecule has 24 heavy (non-hydrogen) atoms. The molecule has 0 spiro atoms. The number of nitrogens with two attached hydrogens (primary N) is 1. The molecular formula is C17H17FN2O3S. The lowest BCUT2D eigenvalue weighted by Gasteiger charge is -2.10. The van der Waals surface area contributed by atoms with Crippen molar-refractivity contribution in [2.45, 2.75) is 24.2 Å². The van der Waals surface area contributed by atoms with Crippen molar-refractivity contribution in [1.29, 1.82) is 0 Å². The highest BCUT2D eigenvalue weighted by Crippen LogP contribution is 2.40. The van der Waals surface area contributed by atoms with Gasteiger partial charge in [-0.15, -0.1) is 0 Å². The molecule has 1 aromatic heterocycles. The van der Waals surface area contributed by atoms with Crippen molar-refractivity contribution >= 4 is 21.2 Å². The minimum atomic E-state index is -3.71. The fourth-order valence-electron chi connectivity index (χ4n) is 2.96. The molecule has 1 aliphatic carbocycles. The first-order valence-electron chi connectivity index (χ1n) is 7.45. The molecule has 0 saturated carbocycles. The van der Waals surface area contributed by atoms with Gasteiger partial charge in [-0.3, -0.25) is 0 Å². The van der Waals surface area contributed by atoms with Gasteiger partial charge in [-0.2, -0.15) is 4.39 Å². The van der Waals surface area contributed by atoms with E-state index in [1.54, 1.807) is 18.2 Å². The molecule has 0 aliphatic heterocycles. The summed E-state index contributed by atoms with van der Waals surface area (Å²) >= 11 is 0. The van der Waals surface area contributed by atoms with E-state index in [-0.39, 0.29) is 10.6 Å². The van der Waals surface area contributed by atoms with E-state index in [1.165, 1.54) is 25.4 Å². The Morgan fingerprint density at radius 3 is 2.33 bits per heavy atom. The monoisotopic (exact) mass is 348 g/mol. The zero-order chi connectivity index (χ0) is 17.3. The Balaban J connectivity index is 2.04. The van der Waals surface area contributed by atoms with Crippen LogP contribution in [0.25, 0.3) is 11.1 Å². The van der Waals surface area contributed by atoms with E-state index in [2.05, 4.69) is 4.98 Å². The fourth-order valence-corrected chi connectivity index (χ4v) is 3.48. The Hall–Kier alpha value is -2.25. The number of primary sulfonamides is 1. The molecule has 2 N–H and O–H groups in total. The van der Waals surface area contributed by atoms with Crippen molar-refractivity contribution < 1.29 is 17.5 Å². The summed E-state index contributed by atoms with van der Waals surface area (Å²) in [6.45, 7) is 0. The highest BCUT2D eigenvalue weighted by molar-refractivity contribution is 7.89. The number of aromatic nitrogens is 1. The number of methoxy groups -OCH3 is 1. The summed E-state index contributed by atoms with van der Waals surface area (Å²) < 4.78 is 41.2. The fraction of sp³-hybridized carbons (Fsp3) is 0.235. The van der Waals surface area contributed by atoms with Crippen LogP contribution in [0.5, 0.6) is 5.75 Å². The highest BCUT2D eigenvalue weighted by Gasteiger charge is 2.20. The van der Waals surface area contributed by atoms with Gasteiger partial charge < -0.3 is 4.74 Å². The van der Waals surface area contributed by atoms with E-state index in [1.807, 2.05) is 0 Å². The average Bonchev–Trinajstić information content (AvgIpc) is 3.04. The molecule has 126 valence electrons. The third-order valence-corrected chi connectivity index (χ3v) is 5.05. The Morgan fingerprint density at radius 2 is 1.75 bits per heavy atom. The lowest BCUT2D eigenvalue weighted by atomic mass is 9.98. The van der Waals surface area contributed by atoms with Crippen LogP contribution in [0.2, 0.25) is 0 Å². The number of allylic oxidation sites excluding steroid dienone is 2. The van der Waals surface area contributed by atoms with Gasteiger partial charge in [-0.1, -0.05) is 12.1 Å². The van der Waals surface area contributed by atoms with Gasteiger partial charge in [-0.25, -0.2) is 18.5 Å². The summed E-state index contributed by atoms with van der Waals surface area (Å²) in [6, 6.07) is 8.12. The van der Waals surface area contributed by atoms with Gasteiger partial charge in [0.25, 0.3) is 5.95 Å². The van der Waals surface area contributed by atoms with Gasteiger partial charge in [-0.05, 0) is 54.2 Å². The van der Waals surface area contributed by atoms with Crippen molar-refractivity contribution in [2.24, 2.45) is 5.14 Å². The molecule has 0 saturated heterocycles. The number of rotatable bonds is 4. The molecule has 7 heteroatoms. The Morgan fingerprint density at radius 1 is 1.12 bits per heavy atom. The predicted molar refractivity (Wildman–Crippen MR) is 89.2 cm³/mol. The van der Waals surface area contributed by atoms with E-state index >= 15 is 0 Å². The normalized spacial score (nSPS) is 15.0. The second-order valence-corrected chi connectivity index (χ2v) is 7.16. The number of hydrogen-bond acceptors (Lipinski definition) is 4. The quantitative estimate of drug-likeness (QED) is 0.861. The van der Waals surface area contributed by atoms with Crippen LogP contribution in [0.4, 0.5) is 4.39 Å². The van der Waals surface area contributed by atoms with Crippen molar-refractivity contribution in [2.75, 3.05) is 7.11 Å². The number of benzene rings is 1. The number of sulfonamides is 1. The van der Waals surface area contributed by atoms with Gasteiger partial charge >= 0.3 is 0 Å². The third-order valence-electron chi connectivity index (χ3n) is 4.12. The standard InChI is InChI=1S/C17H17FN2O3S/c1-23-16-9-12(10-20-17(16)18)15-4-2-3-14(15)11-5-7-13(8-6-11)24(19,21)22/h5-10H,2-4H2,1H3,(H2,19,21,22). The van der Waals surface area contributed by atoms with Crippen LogP contribution >= 0.6 is 0 Å². The van der Waals surface area contributed by atoms with Crippen LogP contribution < -0.4 is 9.88 Å². The van der Waals surface area contributed by atoms with Crippen LogP contribution in [0.15, 0.2) is 41.4 Å². The SMILES string of the molecule is COc1cc(C2=C(c3ccc(S(N)(=O)=O)cc3)CCC2)cnc1F. The van der Waals surface area contributed by atoms with E-state index < -0.39 is 16.0 Å². The summed E-state index contributed by atoms with van der Waals surface area (Å²) in [6.07, 6.45) is 4.19. The van der Waals surface area contributed by atoms with Gasteiger partial charge in [0.1, 0.15) is 0 Å². The summed E-state index contributed by atoms with van der Waals surface area (Å²) in [4.78, 5) is 3.83. The van der Waals surface area contributed by atoms with Crippen molar-refractivity contribution in [1.82, 2.24) is 4.98 Å². The summed E-state index contributed by atoms with van der Waals surface area (Å²) in [5.74, 6) is -0.533. The molecule has 2 aromatic rings. The van der Waals surface area contributed by atoms with Gasteiger partial charge in [0, 0.05) is 11.8 Å². The molecule has 1 aromatic carbocycles. The molecule has 1 heterocycles. The van der Waals surface area contributed by atoms with Crippen LogP contribution in [0.1, 0.15) is 30.4 Å². The molecule has 0 radical (unpaired) electrons. The molecule has 1 aliphatic rings. The maximum Gasteiger partial charge on any atom is 0.255 e. The average molecular weight is 348 g/mol. The second kappa shape index (κ2) is 6.33. The molecule has 0 bridgehead atoms. The second-order valence-electron chi connectivity index (χ2n) is 5.60.